The highest BCUT2D eigenvalue weighted by atomic mass is 35.5. The van der Waals surface area contributed by atoms with E-state index in [9.17, 15) is 5.26 Å². The number of nitrogens with zero attached hydrogens (tertiary/aromatic N) is 4. The summed E-state index contributed by atoms with van der Waals surface area (Å²) in [6.07, 6.45) is 1.72. The number of hydrogen-bond acceptors (Lipinski definition) is 3. The van der Waals surface area contributed by atoms with Crippen LogP contribution < -0.4 is 0 Å². The Balaban J connectivity index is 2.58. The van der Waals surface area contributed by atoms with Crippen LogP contribution >= 0.6 is 11.6 Å². The molecule has 0 unspecified atom stereocenters. The molecule has 0 saturated carbocycles. The highest BCUT2D eigenvalue weighted by molar-refractivity contribution is 6.30. The van der Waals surface area contributed by atoms with Crippen LogP contribution in [0.5, 0.6) is 0 Å². The van der Waals surface area contributed by atoms with Crippen LogP contribution in [0.1, 0.15) is 5.56 Å². The van der Waals surface area contributed by atoms with E-state index in [0.717, 1.165) is 11.3 Å². The van der Waals surface area contributed by atoms with Crippen molar-refractivity contribution < 1.29 is 0 Å². The normalized spacial score (nSPS) is 9.29. The molecule has 4 nitrogen and oxygen atoms in total. The number of halogens is 1. The number of aromatic nitrogens is 1. The lowest BCUT2D eigenvalue weighted by Gasteiger charge is -2.02. The predicted molar refractivity (Wildman–Crippen MR) is 79.6 cm³/mol. The first-order chi connectivity index (χ1) is 10.1. The summed E-state index contributed by atoms with van der Waals surface area (Å²) in [4.78, 5) is 0. The van der Waals surface area contributed by atoms with Crippen molar-refractivity contribution in [2.75, 3.05) is 0 Å². The van der Waals surface area contributed by atoms with Gasteiger partial charge in [-0.05, 0) is 23.8 Å². The van der Waals surface area contributed by atoms with Gasteiger partial charge in [0.15, 0.2) is 0 Å². The van der Waals surface area contributed by atoms with Crippen LogP contribution in [0.4, 0.5) is 0 Å². The van der Waals surface area contributed by atoms with Gasteiger partial charge in [0.05, 0.1) is 5.57 Å². The Morgan fingerprint density at radius 2 is 1.67 bits per heavy atom. The lowest BCUT2D eigenvalue weighted by atomic mass is 10.0. The average molecular weight is 293 g/mol. The Labute approximate surface area is 127 Å². The van der Waals surface area contributed by atoms with E-state index >= 15 is 0 Å². The third-order valence-electron chi connectivity index (χ3n) is 3.02. The predicted octanol–water partition coefficient (Wildman–Crippen LogP) is 3.67. The number of benzene rings is 1. The standard InChI is InChI=1S/C16H9ClN4/c1-21-10-12(15(9-20)13(7-18)8-19)6-16(21)11-2-4-14(17)5-3-11/h2-6,10H,1H3. The van der Waals surface area contributed by atoms with Crippen LogP contribution in [0.25, 0.3) is 16.8 Å². The molecule has 0 atom stereocenters. The first-order valence-electron chi connectivity index (χ1n) is 5.98. The quantitative estimate of drug-likeness (QED) is 0.792. The second kappa shape index (κ2) is 5.97. The van der Waals surface area contributed by atoms with E-state index in [1.807, 2.05) is 29.8 Å². The molecule has 0 aliphatic rings. The Morgan fingerprint density at radius 1 is 1.05 bits per heavy atom. The fourth-order valence-corrected chi connectivity index (χ4v) is 2.14. The van der Waals surface area contributed by atoms with E-state index in [1.165, 1.54) is 0 Å². The van der Waals surface area contributed by atoms with Crippen molar-refractivity contribution in [2.45, 2.75) is 0 Å². The Bertz CT molecular complexity index is 820. The van der Waals surface area contributed by atoms with Crippen LogP contribution in [0.15, 0.2) is 42.1 Å². The van der Waals surface area contributed by atoms with Gasteiger partial charge in [-0.25, -0.2) is 0 Å². The highest BCUT2D eigenvalue weighted by Crippen LogP contribution is 2.27. The van der Waals surface area contributed by atoms with Crippen LogP contribution in [-0.4, -0.2) is 4.57 Å². The molecule has 0 spiro atoms. The summed E-state index contributed by atoms with van der Waals surface area (Å²) in [6, 6.07) is 14.5. The van der Waals surface area contributed by atoms with E-state index in [0.29, 0.717) is 10.6 Å². The maximum absolute atomic E-state index is 9.18. The fourth-order valence-electron chi connectivity index (χ4n) is 2.01. The number of rotatable bonds is 2. The minimum atomic E-state index is -0.189. The first-order valence-corrected chi connectivity index (χ1v) is 6.35. The first kappa shape index (κ1) is 14.4. The summed E-state index contributed by atoms with van der Waals surface area (Å²) in [5, 5.41) is 27.6. The largest absolute Gasteiger partial charge is 0.350 e. The molecular formula is C16H9ClN4. The summed E-state index contributed by atoms with van der Waals surface area (Å²) in [7, 11) is 1.83. The summed E-state index contributed by atoms with van der Waals surface area (Å²) in [5.74, 6) is 0. The van der Waals surface area contributed by atoms with E-state index in [-0.39, 0.29) is 11.1 Å². The molecule has 0 aliphatic heterocycles. The van der Waals surface area contributed by atoms with E-state index in [2.05, 4.69) is 0 Å². The molecule has 0 radical (unpaired) electrons. The summed E-state index contributed by atoms with van der Waals surface area (Å²) in [5.41, 5.74) is 2.23. The molecule has 0 aliphatic carbocycles. The zero-order valence-electron chi connectivity index (χ0n) is 11.1. The van der Waals surface area contributed by atoms with Crippen LogP contribution in [0.3, 0.4) is 0 Å². The second-order valence-electron chi connectivity index (χ2n) is 4.32. The zero-order valence-corrected chi connectivity index (χ0v) is 11.9. The molecule has 1 aromatic heterocycles. The van der Waals surface area contributed by atoms with Crippen molar-refractivity contribution >= 4 is 17.2 Å². The number of nitriles is 3. The smallest absolute Gasteiger partial charge is 0.148 e. The molecule has 5 heteroatoms. The Morgan fingerprint density at radius 3 is 2.19 bits per heavy atom. The summed E-state index contributed by atoms with van der Waals surface area (Å²) in [6.45, 7) is 0. The molecule has 100 valence electrons. The zero-order chi connectivity index (χ0) is 15.4. The van der Waals surface area contributed by atoms with Crippen LogP contribution in [0, 0.1) is 34.0 Å². The van der Waals surface area contributed by atoms with Crippen molar-refractivity contribution in [2.24, 2.45) is 7.05 Å². The van der Waals surface area contributed by atoms with Gasteiger partial charge in [-0.15, -0.1) is 0 Å². The molecule has 0 amide bonds. The molecule has 0 N–H and O–H groups in total. The van der Waals surface area contributed by atoms with Crippen molar-refractivity contribution in [1.82, 2.24) is 4.57 Å². The molecule has 2 rings (SSSR count). The lowest BCUT2D eigenvalue weighted by Crippen LogP contribution is -1.88. The van der Waals surface area contributed by atoms with Crippen molar-refractivity contribution in [3.63, 3.8) is 0 Å². The monoisotopic (exact) mass is 292 g/mol. The second-order valence-corrected chi connectivity index (χ2v) is 4.75. The number of hydrogen-bond donors (Lipinski definition) is 0. The van der Waals surface area contributed by atoms with E-state index in [1.54, 1.807) is 36.5 Å². The third-order valence-corrected chi connectivity index (χ3v) is 3.27. The van der Waals surface area contributed by atoms with Crippen LogP contribution in [0.2, 0.25) is 5.02 Å². The Kier molecular flexibility index (Phi) is 4.10. The van der Waals surface area contributed by atoms with Crippen molar-refractivity contribution in [1.29, 1.82) is 15.8 Å². The molecular weight excluding hydrogens is 284 g/mol. The van der Waals surface area contributed by atoms with Crippen LogP contribution in [-0.2, 0) is 7.05 Å². The number of allylic oxidation sites excluding steroid dienone is 2. The molecule has 0 fully saturated rings. The maximum Gasteiger partial charge on any atom is 0.148 e. The Hall–Kier alpha value is -3.00. The molecule has 21 heavy (non-hydrogen) atoms. The van der Waals surface area contributed by atoms with Gasteiger partial charge in [-0.1, -0.05) is 23.7 Å². The van der Waals surface area contributed by atoms with Crippen molar-refractivity contribution in [3.8, 4) is 29.5 Å². The molecule has 0 saturated heterocycles. The fraction of sp³-hybridized carbons (Fsp3) is 0.0625. The van der Waals surface area contributed by atoms with Crippen molar-refractivity contribution in [3.05, 3.63) is 52.7 Å². The third kappa shape index (κ3) is 2.79. The van der Waals surface area contributed by atoms with Gasteiger partial charge in [0.2, 0.25) is 0 Å². The van der Waals surface area contributed by atoms with Gasteiger partial charge in [-0.3, -0.25) is 0 Å². The van der Waals surface area contributed by atoms with E-state index < -0.39 is 0 Å². The average Bonchev–Trinajstić information content (AvgIpc) is 2.87. The van der Waals surface area contributed by atoms with Gasteiger partial charge in [0.1, 0.15) is 23.8 Å². The van der Waals surface area contributed by atoms with Gasteiger partial charge < -0.3 is 4.57 Å². The van der Waals surface area contributed by atoms with Gasteiger partial charge >= 0.3 is 0 Å². The topological polar surface area (TPSA) is 76.3 Å². The minimum Gasteiger partial charge on any atom is -0.350 e. The molecule has 1 aromatic carbocycles. The molecule has 0 bridgehead atoms. The summed E-state index contributed by atoms with van der Waals surface area (Å²) < 4.78 is 1.84. The molecule has 1 heterocycles. The van der Waals surface area contributed by atoms with E-state index in [4.69, 9.17) is 22.1 Å². The SMILES string of the molecule is Cn1cc(C(C#N)=C(C#N)C#N)cc1-c1ccc(Cl)cc1. The maximum atomic E-state index is 9.18. The summed E-state index contributed by atoms with van der Waals surface area (Å²) >= 11 is 5.87. The lowest BCUT2D eigenvalue weighted by molar-refractivity contribution is 0.936. The van der Waals surface area contributed by atoms with Gasteiger partial charge in [-0.2, -0.15) is 15.8 Å². The molecule has 2 aromatic rings. The highest BCUT2D eigenvalue weighted by Gasteiger charge is 2.13. The minimum absolute atomic E-state index is 0.0795. The van der Waals surface area contributed by atoms with Gasteiger partial charge in [0, 0.05) is 29.5 Å². The van der Waals surface area contributed by atoms with Gasteiger partial charge in [0.25, 0.3) is 0 Å². The number of aryl methyl sites for hydroxylation is 1.